The molecule has 1 unspecified atom stereocenters. The third kappa shape index (κ3) is 4.16. The number of esters is 1. The molecule has 0 bridgehead atoms. The number of rotatable bonds is 5. The minimum atomic E-state index is -3.44. The van der Waals surface area contributed by atoms with Gasteiger partial charge in [0.15, 0.2) is 9.84 Å². The number of sulfone groups is 1. The summed E-state index contributed by atoms with van der Waals surface area (Å²) in [5.74, 6) is 0.00533. The van der Waals surface area contributed by atoms with Crippen LogP contribution in [0.3, 0.4) is 0 Å². The number of benzene rings is 2. The van der Waals surface area contributed by atoms with Crippen LogP contribution in [0.15, 0.2) is 47.4 Å². The van der Waals surface area contributed by atoms with Gasteiger partial charge >= 0.3 is 5.97 Å². The molecule has 0 saturated heterocycles. The van der Waals surface area contributed by atoms with Crippen molar-refractivity contribution in [1.29, 1.82) is 0 Å². The molecule has 0 heterocycles. The van der Waals surface area contributed by atoms with Gasteiger partial charge in [0.1, 0.15) is 5.75 Å². The molecular formula is C18H19ClO4S. The lowest BCUT2D eigenvalue weighted by molar-refractivity contribution is 0.0732. The fourth-order valence-corrected chi connectivity index (χ4v) is 3.09. The quantitative estimate of drug-likeness (QED) is 0.578. The van der Waals surface area contributed by atoms with E-state index < -0.39 is 15.8 Å². The van der Waals surface area contributed by atoms with E-state index in [0.717, 1.165) is 18.2 Å². The maximum atomic E-state index is 12.5. The summed E-state index contributed by atoms with van der Waals surface area (Å²) in [6.45, 7) is 4.10. The van der Waals surface area contributed by atoms with Crippen molar-refractivity contribution in [2.45, 2.75) is 31.1 Å². The predicted octanol–water partition coefficient (Wildman–Crippen LogP) is 4.48. The monoisotopic (exact) mass is 366 g/mol. The Morgan fingerprint density at radius 2 is 1.88 bits per heavy atom. The first kappa shape index (κ1) is 18.5. The fraction of sp³-hybridized carbons (Fsp3) is 0.278. The zero-order valence-corrected chi connectivity index (χ0v) is 15.3. The van der Waals surface area contributed by atoms with Crippen LogP contribution in [0.2, 0.25) is 5.02 Å². The maximum Gasteiger partial charge on any atom is 0.345 e. The molecular weight excluding hydrogens is 348 g/mol. The average Bonchev–Trinajstić information content (AvgIpc) is 2.53. The van der Waals surface area contributed by atoms with Gasteiger partial charge < -0.3 is 4.74 Å². The van der Waals surface area contributed by atoms with Gasteiger partial charge in [0.25, 0.3) is 0 Å². The van der Waals surface area contributed by atoms with E-state index in [0.29, 0.717) is 5.75 Å². The van der Waals surface area contributed by atoms with E-state index in [1.807, 2.05) is 19.1 Å². The molecule has 6 heteroatoms. The molecule has 0 radical (unpaired) electrons. The Morgan fingerprint density at radius 1 is 1.21 bits per heavy atom. The van der Waals surface area contributed by atoms with Crippen molar-refractivity contribution in [1.82, 2.24) is 0 Å². The minimum Gasteiger partial charge on any atom is -0.423 e. The van der Waals surface area contributed by atoms with Crippen LogP contribution in [0, 0.1) is 0 Å². The smallest absolute Gasteiger partial charge is 0.345 e. The summed E-state index contributed by atoms with van der Waals surface area (Å²) < 4.78 is 28.8. The molecule has 128 valence electrons. The van der Waals surface area contributed by atoms with Crippen LogP contribution in [0.1, 0.15) is 42.1 Å². The fourth-order valence-electron chi connectivity index (χ4n) is 2.25. The molecule has 0 amide bonds. The number of hydrogen-bond acceptors (Lipinski definition) is 4. The van der Waals surface area contributed by atoms with Crippen molar-refractivity contribution in [2.75, 3.05) is 6.26 Å². The van der Waals surface area contributed by atoms with Crippen molar-refractivity contribution in [3.8, 4) is 5.75 Å². The summed E-state index contributed by atoms with van der Waals surface area (Å²) in [6, 6.07) is 11.3. The first-order chi connectivity index (χ1) is 11.2. The standard InChI is InChI=1S/C18H19ClO4S/c1-4-12(2)14-7-5-6-8-17(14)23-18(20)15-11-13(24(3,21)22)9-10-16(15)19/h5-12H,4H2,1-3H3. The molecule has 1 atom stereocenters. The third-order valence-corrected chi connectivity index (χ3v) is 5.29. The summed E-state index contributed by atoms with van der Waals surface area (Å²) in [5.41, 5.74) is 0.947. The van der Waals surface area contributed by atoms with Crippen molar-refractivity contribution in [3.05, 3.63) is 58.6 Å². The van der Waals surface area contributed by atoms with E-state index in [9.17, 15) is 13.2 Å². The van der Waals surface area contributed by atoms with Gasteiger partial charge in [-0.15, -0.1) is 0 Å². The third-order valence-electron chi connectivity index (χ3n) is 3.85. The number of hydrogen-bond donors (Lipinski definition) is 0. The molecule has 24 heavy (non-hydrogen) atoms. The van der Waals surface area contributed by atoms with Crippen LogP contribution in [0.5, 0.6) is 5.75 Å². The van der Waals surface area contributed by atoms with Crippen molar-refractivity contribution < 1.29 is 17.9 Å². The van der Waals surface area contributed by atoms with Crippen LogP contribution in [-0.4, -0.2) is 20.6 Å². The zero-order valence-electron chi connectivity index (χ0n) is 13.7. The summed E-state index contributed by atoms with van der Waals surface area (Å²) in [5, 5.41) is 0.147. The Bertz CT molecular complexity index is 859. The van der Waals surface area contributed by atoms with Crippen molar-refractivity contribution >= 4 is 27.4 Å². The van der Waals surface area contributed by atoms with Crippen LogP contribution < -0.4 is 4.74 Å². The molecule has 4 nitrogen and oxygen atoms in total. The molecule has 2 aromatic carbocycles. The second-order valence-corrected chi connectivity index (χ2v) is 8.07. The highest BCUT2D eigenvalue weighted by Gasteiger charge is 2.19. The number of ether oxygens (including phenoxy) is 1. The van der Waals surface area contributed by atoms with Gasteiger partial charge in [-0.3, -0.25) is 0 Å². The summed E-state index contributed by atoms with van der Waals surface area (Å²) in [4.78, 5) is 12.5. The number of carbonyl (C=O) groups excluding carboxylic acids is 1. The van der Waals surface area contributed by atoms with E-state index in [-0.39, 0.29) is 21.4 Å². The summed E-state index contributed by atoms with van der Waals surface area (Å²) >= 11 is 6.04. The number of carbonyl (C=O) groups is 1. The molecule has 2 aromatic rings. The largest absolute Gasteiger partial charge is 0.423 e. The lowest BCUT2D eigenvalue weighted by Gasteiger charge is -2.15. The van der Waals surface area contributed by atoms with Gasteiger partial charge in [-0.25, -0.2) is 13.2 Å². The van der Waals surface area contributed by atoms with E-state index in [2.05, 4.69) is 6.92 Å². The second kappa shape index (κ2) is 7.36. The van der Waals surface area contributed by atoms with Crippen LogP contribution in [0.4, 0.5) is 0 Å². The first-order valence-electron chi connectivity index (χ1n) is 7.54. The maximum absolute atomic E-state index is 12.5. The summed E-state index contributed by atoms with van der Waals surface area (Å²) in [6.07, 6.45) is 1.97. The van der Waals surface area contributed by atoms with Gasteiger partial charge in [0.2, 0.25) is 0 Å². The number of halogens is 1. The van der Waals surface area contributed by atoms with Gasteiger partial charge in [0, 0.05) is 6.26 Å². The lowest BCUT2D eigenvalue weighted by atomic mass is 9.98. The highest BCUT2D eigenvalue weighted by atomic mass is 35.5. The van der Waals surface area contributed by atoms with Crippen molar-refractivity contribution in [2.24, 2.45) is 0 Å². The Hall–Kier alpha value is -1.85. The van der Waals surface area contributed by atoms with E-state index in [4.69, 9.17) is 16.3 Å². The molecule has 0 fully saturated rings. The number of para-hydroxylation sites is 1. The highest BCUT2D eigenvalue weighted by molar-refractivity contribution is 7.90. The molecule has 0 aliphatic rings. The van der Waals surface area contributed by atoms with Gasteiger partial charge in [-0.1, -0.05) is 43.6 Å². The Morgan fingerprint density at radius 3 is 2.50 bits per heavy atom. The molecule has 0 aliphatic heterocycles. The SMILES string of the molecule is CCC(C)c1ccccc1OC(=O)c1cc(S(C)(=O)=O)ccc1Cl. The van der Waals surface area contributed by atoms with Gasteiger partial charge in [0.05, 0.1) is 15.5 Å². The van der Waals surface area contributed by atoms with E-state index in [1.54, 1.807) is 12.1 Å². The molecule has 0 spiro atoms. The zero-order chi connectivity index (χ0) is 17.9. The normalized spacial score (nSPS) is 12.7. The second-order valence-electron chi connectivity index (χ2n) is 5.65. The first-order valence-corrected chi connectivity index (χ1v) is 9.81. The molecule has 0 aliphatic carbocycles. The molecule has 0 N–H and O–H groups in total. The lowest BCUT2D eigenvalue weighted by Crippen LogP contribution is -2.12. The van der Waals surface area contributed by atoms with Crippen LogP contribution in [0.25, 0.3) is 0 Å². The average molecular weight is 367 g/mol. The Kier molecular flexibility index (Phi) is 5.67. The van der Waals surface area contributed by atoms with Gasteiger partial charge in [-0.05, 0) is 42.2 Å². The van der Waals surface area contributed by atoms with Crippen molar-refractivity contribution in [3.63, 3.8) is 0 Å². The van der Waals surface area contributed by atoms with E-state index in [1.165, 1.54) is 18.2 Å². The van der Waals surface area contributed by atoms with Crippen LogP contribution in [-0.2, 0) is 9.84 Å². The predicted molar refractivity (Wildman–Crippen MR) is 94.7 cm³/mol. The molecule has 0 aromatic heterocycles. The van der Waals surface area contributed by atoms with Gasteiger partial charge in [-0.2, -0.15) is 0 Å². The van der Waals surface area contributed by atoms with E-state index >= 15 is 0 Å². The topological polar surface area (TPSA) is 60.4 Å². The Balaban J connectivity index is 2.38. The minimum absolute atomic E-state index is 0.0223. The summed E-state index contributed by atoms with van der Waals surface area (Å²) in [7, 11) is -3.44. The molecule has 2 rings (SSSR count). The Labute approximate surface area is 147 Å². The van der Waals surface area contributed by atoms with Crippen LogP contribution >= 0.6 is 11.6 Å². The molecule has 0 saturated carbocycles. The highest BCUT2D eigenvalue weighted by Crippen LogP contribution is 2.30.